The number of aryl methyl sites for hydroxylation is 2. The minimum Gasteiger partial charge on any atom is -0.493 e. The molecule has 108 valence electrons. The average Bonchev–Trinajstić information content (AvgIpc) is 2.30. The maximum atomic E-state index is 6.04. The van der Waals surface area contributed by atoms with Crippen molar-refractivity contribution in [3.8, 4) is 5.75 Å². The van der Waals surface area contributed by atoms with Crippen LogP contribution in [0.5, 0.6) is 5.75 Å². The van der Waals surface area contributed by atoms with Crippen molar-refractivity contribution in [2.24, 2.45) is 5.92 Å². The van der Waals surface area contributed by atoms with Crippen LogP contribution in [0.3, 0.4) is 0 Å². The highest BCUT2D eigenvalue weighted by Gasteiger charge is 2.13. The van der Waals surface area contributed by atoms with Gasteiger partial charge in [-0.1, -0.05) is 19.1 Å². The van der Waals surface area contributed by atoms with Crippen LogP contribution in [0, 0.1) is 26.7 Å². The fourth-order valence-corrected chi connectivity index (χ4v) is 1.91. The van der Waals surface area contributed by atoms with E-state index in [9.17, 15) is 0 Å². The molecule has 1 N–H and O–H groups in total. The lowest BCUT2D eigenvalue weighted by Gasteiger charge is -2.24. The molecule has 1 aromatic carbocycles. The van der Waals surface area contributed by atoms with Gasteiger partial charge in [0.1, 0.15) is 5.75 Å². The molecule has 1 aromatic rings. The van der Waals surface area contributed by atoms with E-state index in [2.05, 4.69) is 65.9 Å². The summed E-state index contributed by atoms with van der Waals surface area (Å²) in [7, 11) is 0. The third kappa shape index (κ3) is 5.23. The van der Waals surface area contributed by atoms with Gasteiger partial charge in [-0.15, -0.1) is 0 Å². The first-order valence-electron chi connectivity index (χ1n) is 7.15. The first kappa shape index (κ1) is 16.0. The summed E-state index contributed by atoms with van der Waals surface area (Å²) in [5.74, 6) is 1.56. The van der Waals surface area contributed by atoms with E-state index in [4.69, 9.17) is 4.74 Å². The van der Waals surface area contributed by atoms with Crippen LogP contribution in [0.25, 0.3) is 0 Å². The minimum absolute atomic E-state index is 0.170. The van der Waals surface area contributed by atoms with Crippen LogP contribution < -0.4 is 10.1 Å². The smallest absolute Gasteiger partial charge is 0.125 e. The van der Waals surface area contributed by atoms with Crippen LogP contribution in [0.1, 0.15) is 44.4 Å². The summed E-state index contributed by atoms with van der Waals surface area (Å²) >= 11 is 0. The van der Waals surface area contributed by atoms with Gasteiger partial charge in [-0.2, -0.15) is 0 Å². The van der Waals surface area contributed by atoms with Crippen molar-refractivity contribution in [2.45, 2.75) is 54.0 Å². The number of hydrogen-bond donors (Lipinski definition) is 1. The van der Waals surface area contributed by atoms with E-state index in [1.165, 1.54) is 16.7 Å². The van der Waals surface area contributed by atoms with Crippen molar-refractivity contribution >= 4 is 0 Å². The summed E-state index contributed by atoms with van der Waals surface area (Å²) in [4.78, 5) is 0. The predicted molar refractivity (Wildman–Crippen MR) is 83.1 cm³/mol. The predicted octanol–water partition coefficient (Wildman–Crippen LogP) is 4.01. The highest BCUT2D eigenvalue weighted by Crippen LogP contribution is 2.26. The fraction of sp³-hybridized carbons (Fsp3) is 0.647. The third-order valence-electron chi connectivity index (χ3n) is 3.37. The summed E-state index contributed by atoms with van der Waals surface area (Å²) < 4.78 is 6.04. The zero-order valence-electron chi connectivity index (χ0n) is 13.6. The van der Waals surface area contributed by atoms with Gasteiger partial charge in [0.15, 0.2) is 0 Å². The van der Waals surface area contributed by atoms with Gasteiger partial charge >= 0.3 is 0 Å². The Morgan fingerprint density at radius 2 is 1.68 bits per heavy atom. The molecule has 0 heterocycles. The molecule has 0 bridgehead atoms. The van der Waals surface area contributed by atoms with Crippen molar-refractivity contribution in [1.82, 2.24) is 5.32 Å². The Bertz CT molecular complexity index is 418. The molecule has 1 rings (SSSR count). The van der Waals surface area contributed by atoms with Crippen molar-refractivity contribution in [2.75, 3.05) is 13.2 Å². The Hall–Kier alpha value is -1.02. The molecule has 0 spiro atoms. The van der Waals surface area contributed by atoms with E-state index in [1.807, 2.05) is 0 Å². The number of rotatable bonds is 5. The minimum atomic E-state index is 0.170. The van der Waals surface area contributed by atoms with Gasteiger partial charge in [0.2, 0.25) is 0 Å². The van der Waals surface area contributed by atoms with Gasteiger partial charge in [0, 0.05) is 18.0 Å². The van der Waals surface area contributed by atoms with Crippen LogP contribution in [-0.2, 0) is 0 Å². The van der Waals surface area contributed by atoms with Crippen molar-refractivity contribution in [3.05, 3.63) is 28.8 Å². The highest BCUT2D eigenvalue weighted by molar-refractivity contribution is 5.44. The standard InChI is InChI=1S/C17H29NO/c1-12(10-18-17(5,6)7)11-19-16-14(3)9-8-13(2)15(16)4/h8-9,12,18H,10-11H2,1-7H3. The van der Waals surface area contributed by atoms with Gasteiger partial charge in [-0.3, -0.25) is 0 Å². The quantitative estimate of drug-likeness (QED) is 0.866. The van der Waals surface area contributed by atoms with E-state index in [0.29, 0.717) is 5.92 Å². The number of benzene rings is 1. The Labute approximate surface area is 118 Å². The molecule has 0 aliphatic rings. The monoisotopic (exact) mass is 263 g/mol. The van der Waals surface area contributed by atoms with Crippen LogP contribution >= 0.6 is 0 Å². The molecular formula is C17H29NO. The van der Waals surface area contributed by atoms with Crippen molar-refractivity contribution in [3.63, 3.8) is 0 Å². The summed E-state index contributed by atoms with van der Waals surface area (Å²) in [5.41, 5.74) is 3.94. The van der Waals surface area contributed by atoms with Gasteiger partial charge in [-0.25, -0.2) is 0 Å². The zero-order valence-corrected chi connectivity index (χ0v) is 13.6. The molecule has 0 aromatic heterocycles. The summed E-state index contributed by atoms with van der Waals surface area (Å²) in [5, 5.41) is 3.52. The average molecular weight is 263 g/mol. The number of nitrogens with one attached hydrogen (secondary N) is 1. The van der Waals surface area contributed by atoms with Gasteiger partial charge in [0.05, 0.1) is 6.61 Å². The van der Waals surface area contributed by atoms with E-state index >= 15 is 0 Å². The van der Waals surface area contributed by atoms with Gasteiger partial charge in [-0.05, 0) is 58.2 Å². The van der Waals surface area contributed by atoms with Crippen LogP contribution in [0.15, 0.2) is 12.1 Å². The molecule has 1 unspecified atom stereocenters. The largest absolute Gasteiger partial charge is 0.493 e. The second-order valence-electron chi connectivity index (χ2n) is 6.70. The van der Waals surface area contributed by atoms with Crippen molar-refractivity contribution in [1.29, 1.82) is 0 Å². The normalized spacial score (nSPS) is 13.4. The molecular weight excluding hydrogens is 234 g/mol. The maximum absolute atomic E-state index is 6.04. The van der Waals surface area contributed by atoms with Crippen LogP contribution in [0.2, 0.25) is 0 Å². The lowest BCUT2D eigenvalue weighted by Crippen LogP contribution is -2.39. The Kier molecular flexibility index (Phi) is 5.42. The second-order valence-corrected chi connectivity index (χ2v) is 6.70. The van der Waals surface area contributed by atoms with Crippen LogP contribution in [0.4, 0.5) is 0 Å². The molecule has 0 saturated carbocycles. The van der Waals surface area contributed by atoms with Crippen LogP contribution in [-0.4, -0.2) is 18.7 Å². The Morgan fingerprint density at radius 3 is 2.26 bits per heavy atom. The number of hydrogen-bond acceptors (Lipinski definition) is 2. The third-order valence-corrected chi connectivity index (χ3v) is 3.37. The SMILES string of the molecule is Cc1ccc(C)c(OCC(C)CNC(C)(C)C)c1C. The molecule has 0 aliphatic heterocycles. The van der Waals surface area contributed by atoms with E-state index in [-0.39, 0.29) is 5.54 Å². The molecule has 19 heavy (non-hydrogen) atoms. The number of ether oxygens (including phenoxy) is 1. The fourth-order valence-electron chi connectivity index (χ4n) is 1.91. The summed E-state index contributed by atoms with van der Waals surface area (Å²) in [6.07, 6.45) is 0. The molecule has 0 fully saturated rings. The molecule has 1 atom stereocenters. The van der Waals surface area contributed by atoms with E-state index < -0.39 is 0 Å². The maximum Gasteiger partial charge on any atom is 0.125 e. The zero-order chi connectivity index (χ0) is 14.6. The molecule has 2 heteroatoms. The molecule has 0 aliphatic carbocycles. The first-order chi connectivity index (χ1) is 8.70. The second kappa shape index (κ2) is 6.42. The van der Waals surface area contributed by atoms with Gasteiger partial charge < -0.3 is 10.1 Å². The van der Waals surface area contributed by atoms with E-state index in [0.717, 1.165) is 18.9 Å². The van der Waals surface area contributed by atoms with Gasteiger partial charge in [0.25, 0.3) is 0 Å². The molecule has 0 radical (unpaired) electrons. The first-order valence-corrected chi connectivity index (χ1v) is 7.15. The molecule has 0 amide bonds. The molecule has 0 saturated heterocycles. The lowest BCUT2D eigenvalue weighted by molar-refractivity contribution is 0.241. The molecule has 2 nitrogen and oxygen atoms in total. The summed E-state index contributed by atoms with van der Waals surface area (Å²) in [6, 6.07) is 4.29. The van der Waals surface area contributed by atoms with Crippen molar-refractivity contribution < 1.29 is 4.74 Å². The summed E-state index contributed by atoms with van der Waals surface area (Å²) in [6.45, 7) is 16.9. The Balaban J connectivity index is 2.55. The lowest BCUT2D eigenvalue weighted by atomic mass is 10.0. The van der Waals surface area contributed by atoms with E-state index in [1.54, 1.807) is 0 Å². The highest BCUT2D eigenvalue weighted by atomic mass is 16.5. The topological polar surface area (TPSA) is 21.3 Å². The Morgan fingerprint density at radius 1 is 1.11 bits per heavy atom.